The standard InChI is InChI=1S/C14H28N4/c1-5-6-13-9-14(17-16-13)11-18(4)8-7-15-10-12(2)3/h9,12,15H,5-8,10-11H2,1-4H3,(H,16,17). The Balaban J connectivity index is 2.20. The molecule has 0 spiro atoms. The highest BCUT2D eigenvalue weighted by Gasteiger charge is 2.04. The number of rotatable bonds is 9. The molecular weight excluding hydrogens is 224 g/mol. The van der Waals surface area contributed by atoms with Crippen LogP contribution in [0.15, 0.2) is 6.07 Å². The number of aryl methyl sites for hydroxylation is 1. The molecule has 0 aliphatic heterocycles. The number of likely N-dealkylation sites (N-methyl/N-ethyl adjacent to an activating group) is 1. The number of nitrogens with zero attached hydrogens (tertiary/aromatic N) is 2. The number of aromatic nitrogens is 2. The van der Waals surface area contributed by atoms with Crippen molar-refractivity contribution < 1.29 is 0 Å². The minimum absolute atomic E-state index is 0.722. The third-order valence-corrected chi connectivity index (χ3v) is 2.85. The van der Waals surface area contributed by atoms with Crippen LogP contribution in [0.25, 0.3) is 0 Å². The summed E-state index contributed by atoms with van der Waals surface area (Å²) in [6.07, 6.45) is 2.22. The van der Waals surface area contributed by atoms with Gasteiger partial charge in [-0.3, -0.25) is 10.00 Å². The fraction of sp³-hybridized carbons (Fsp3) is 0.786. The van der Waals surface area contributed by atoms with Gasteiger partial charge in [0.05, 0.1) is 5.69 Å². The van der Waals surface area contributed by atoms with Crippen LogP contribution in [0.5, 0.6) is 0 Å². The Kier molecular flexibility index (Phi) is 6.98. The van der Waals surface area contributed by atoms with Crippen molar-refractivity contribution in [3.05, 3.63) is 17.5 Å². The zero-order valence-corrected chi connectivity index (χ0v) is 12.3. The Hall–Kier alpha value is -0.870. The van der Waals surface area contributed by atoms with Gasteiger partial charge in [-0.15, -0.1) is 0 Å². The lowest BCUT2D eigenvalue weighted by Crippen LogP contribution is -2.30. The molecule has 0 aromatic carbocycles. The van der Waals surface area contributed by atoms with Gasteiger partial charge in [0.2, 0.25) is 0 Å². The third-order valence-electron chi connectivity index (χ3n) is 2.85. The lowest BCUT2D eigenvalue weighted by atomic mass is 10.2. The molecule has 0 unspecified atom stereocenters. The van der Waals surface area contributed by atoms with Crippen molar-refractivity contribution in [2.45, 2.75) is 40.2 Å². The quantitative estimate of drug-likeness (QED) is 0.661. The largest absolute Gasteiger partial charge is 0.315 e. The Morgan fingerprint density at radius 2 is 2.22 bits per heavy atom. The summed E-state index contributed by atoms with van der Waals surface area (Å²) in [7, 11) is 2.15. The van der Waals surface area contributed by atoms with Gasteiger partial charge < -0.3 is 5.32 Å². The minimum atomic E-state index is 0.722. The molecule has 0 bridgehead atoms. The normalized spacial score (nSPS) is 11.7. The highest BCUT2D eigenvalue weighted by Crippen LogP contribution is 2.04. The first-order valence-corrected chi connectivity index (χ1v) is 7.04. The van der Waals surface area contributed by atoms with E-state index in [0.29, 0.717) is 0 Å². The van der Waals surface area contributed by atoms with Gasteiger partial charge in [0.15, 0.2) is 0 Å². The Morgan fingerprint density at radius 3 is 2.89 bits per heavy atom. The maximum absolute atomic E-state index is 4.31. The van der Waals surface area contributed by atoms with Crippen LogP contribution in [0.1, 0.15) is 38.6 Å². The smallest absolute Gasteiger partial charge is 0.0625 e. The second kappa shape index (κ2) is 8.27. The maximum Gasteiger partial charge on any atom is 0.0625 e. The van der Waals surface area contributed by atoms with Crippen molar-refractivity contribution >= 4 is 0 Å². The van der Waals surface area contributed by atoms with Crippen LogP contribution >= 0.6 is 0 Å². The number of hydrogen-bond acceptors (Lipinski definition) is 3. The van der Waals surface area contributed by atoms with E-state index in [1.54, 1.807) is 0 Å². The summed E-state index contributed by atoms with van der Waals surface area (Å²) >= 11 is 0. The van der Waals surface area contributed by atoms with Crippen LogP contribution in [0.3, 0.4) is 0 Å². The molecule has 1 aromatic heterocycles. The van der Waals surface area contributed by atoms with Crippen molar-refractivity contribution in [3.63, 3.8) is 0 Å². The molecule has 1 rings (SSSR count). The van der Waals surface area contributed by atoms with E-state index < -0.39 is 0 Å². The first kappa shape index (κ1) is 15.2. The number of nitrogens with one attached hydrogen (secondary N) is 2. The van der Waals surface area contributed by atoms with E-state index in [2.05, 4.69) is 54.3 Å². The summed E-state index contributed by atoms with van der Waals surface area (Å²) in [5, 5.41) is 10.9. The average Bonchev–Trinajstić information content (AvgIpc) is 2.72. The zero-order valence-electron chi connectivity index (χ0n) is 12.3. The van der Waals surface area contributed by atoms with Crippen LogP contribution < -0.4 is 5.32 Å². The second-order valence-electron chi connectivity index (χ2n) is 5.47. The molecular formula is C14H28N4. The van der Waals surface area contributed by atoms with E-state index in [4.69, 9.17) is 0 Å². The zero-order chi connectivity index (χ0) is 13.4. The van der Waals surface area contributed by atoms with Crippen molar-refractivity contribution in [3.8, 4) is 0 Å². The molecule has 0 radical (unpaired) electrons. The van der Waals surface area contributed by atoms with Crippen LogP contribution in [0.4, 0.5) is 0 Å². The monoisotopic (exact) mass is 252 g/mol. The van der Waals surface area contributed by atoms with E-state index in [-0.39, 0.29) is 0 Å². The SMILES string of the molecule is CCCc1cc(CN(C)CCNCC(C)C)[nH]n1. The Morgan fingerprint density at radius 1 is 1.44 bits per heavy atom. The van der Waals surface area contributed by atoms with E-state index in [0.717, 1.165) is 44.9 Å². The minimum Gasteiger partial charge on any atom is -0.315 e. The summed E-state index contributed by atoms with van der Waals surface area (Å²) in [5.41, 5.74) is 2.39. The lowest BCUT2D eigenvalue weighted by molar-refractivity contribution is 0.318. The molecule has 4 nitrogen and oxygen atoms in total. The molecule has 0 saturated carbocycles. The van der Waals surface area contributed by atoms with Crippen molar-refractivity contribution in [2.24, 2.45) is 5.92 Å². The predicted octanol–water partition coefficient (Wildman–Crippen LogP) is 2.04. The molecule has 0 saturated heterocycles. The summed E-state index contributed by atoms with van der Waals surface area (Å²) in [4.78, 5) is 2.32. The van der Waals surface area contributed by atoms with Crippen LogP contribution in [-0.4, -0.2) is 41.8 Å². The number of H-pyrrole nitrogens is 1. The third kappa shape index (κ3) is 6.17. The molecule has 0 atom stereocenters. The summed E-state index contributed by atoms with van der Waals surface area (Å²) in [5.74, 6) is 0.722. The van der Waals surface area contributed by atoms with Gasteiger partial charge in [0.25, 0.3) is 0 Å². The van der Waals surface area contributed by atoms with Crippen LogP contribution in [-0.2, 0) is 13.0 Å². The Bertz CT molecular complexity index is 319. The predicted molar refractivity (Wildman–Crippen MR) is 76.6 cm³/mol. The summed E-state index contributed by atoms with van der Waals surface area (Å²) in [6, 6.07) is 2.18. The molecule has 0 fully saturated rings. The second-order valence-corrected chi connectivity index (χ2v) is 5.47. The lowest BCUT2D eigenvalue weighted by Gasteiger charge is -2.16. The number of hydrogen-bond donors (Lipinski definition) is 2. The maximum atomic E-state index is 4.31. The van der Waals surface area contributed by atoms with Crippen LogP contribution in [0.2, 0.25) is 0 Å². The molecule has 104 valence electrons. The molecule has 4 heteroatoms. The highest BCUT2D eigenvalue weighted by molar-refractivity contribution is 5.08. The molecule has 0 aliphatic carbocycles. The first-order valence-electron chi connectivity index (χ1n) is 7.04. The molecule has 1 heterocycles. The highest BCUT2D eigenvalue weighted by atomic mass is 15.2. The average molecular weight is 252 g/mol. The van der Waals surface area contributed by atoms with E-state index in [1.807, 2.05) is 0 Å². The Labute approximate surface area is 111 Å². The molecule has 2 N–H and O–H groups in total. The molecule has 18 heavy (non-hydrogen) atoms. The fourth-order valence-corrected chi connectivity index (χ4v) is 1.90. The molecule has 1 aromatic rings. The fourth-order valence-electron chi connectivity index (χ4n) is 1.90. The van der Waals surface area contributed by atoms with Crippen molar-refractivity contribution in [1.82, 2.24) is 20.4 Å². The van der Waals surface area contributed by atoms with Crippen molar-refractivity contribution in [1.29, 1.82) is 0 Å². The molecule has 0 aliphatic rings. The van der Waals surface area contributed by atoms with Gasteiger partial charge in [0.1, 0.15) is 0 Å². The van der Waals surface area contributed by atoms with E-state index in [9.17, 15) is 0 Å². The number of aromatic amines is 1. The van der Waals surface area contributed by atoms with E-state index >= 15 is 0 Å². The van der Waals surface area contributed by atoms with Gasteiger partial charge in [-0.2, -0.15) is 5.10 Å². The molecule has 0 amide bonds. The summed E-state index contributed by atoms with van der Waals surface area (Å²) in [6.45, 7) is 10.8. The van der Waals surface area contributed by atoms with Gasteiger partial charge in [-0.1, -0.05) is 27.2 Å². The van der Waals surface area contributed by atoms with E-state index in [1.165, 1.54) is 11.4 Å². The topological polar surface area (TPSA) is 44.0 Å². The van der Waals surface area contributed by atoms with Gasteiger partial charge in [0, 0.05) is 25.3 Å². The first-order chi connectivity index (χ1) is 8.61. The van der Waals surface area contributed by atoms with Crippen molar-refractivity contribution in [2.75, 3.05) is 26.7 Å². The summed E-state index contributed by atoms with van der Waals surface area (Å²) < 4.78 is 0. The van der Waals surface area contributed by atoms with Gasteiger partial charge in [-0.25, -0.2) is 0 Å². The van der Waals surface area contributed by atoms with Crippen LogP contribution in [0, 0.1) is 5.92 Å². The van der Waals surface area contributed by atoms with Gasteiger partial charge in [-0.05, 0) is 32.0 Å². The van der Waals surface area contributed by atoms with Gasteiger partial charge >= 0.3 is 0 Å².